The number of amides is 3. The summed E-state index contributed by atoms with van der Waals surface area (Å²) >= 11 is 0. The fourth-order valence-corrected chi connectivity index (χ4v) is 4.26. The SMILES string of the molecule is CC(C)N(C(=O)COC(=O)CCN1C(=O)[C@H]2CCCC[C@H]2C1=O)c1ccccc1. The Morgan fingerprint density at radius 2 is 1.66 bits per heavy atom. The molecule has 0 spiro atoms. The van der Waals surface area contributed by atoms with Crippen LogP contribution in [0.25, 0.3) is 0 Å². The number of para-hydroxylation sites is 1. The summed E-state index contributed by atoms with van der Waals surface area (Å²) in [7, 11) is 0. The van der Waals surface area contributed by atoms with Gasteiger partial charge in [0.2, 0.25) is 11.8 Å². The van der Waals surface area contributed by atoms with Gasteiger partial charge in [-0.25, -0.2) is 0 Å². The molecule has 7 nitrogen and oxygen atoms in total. The second-order valence-electron chi connectivity index (χ2n) is 7.93. The summed E-state index contributed by atoms with van der Waals surface area (Å²) in [6.07, 6.45) is 3.32. The van der Waals surface area contributed by atoms with Gasteiger partial charge in [0.05, 0.1) is 18.3 Å². The van der Waals surface area contributed by atoms with Crippen LogP contribution in [0.3, 0.4) is 0 Å². The van der Waals surface area contributed by atoms with Crippen molar-refractivity contribution in [2.24, 2.45) is 11.8 Å². The lowest BCUT2D eigenvalue weighted by Crippen LogP contribution is -2.40. The average Bonchev–Trinajstić information content (AvgIpc) is 2.96. The minimum absolute atomic E-state index is 0.0181. The summed E-state index contributed by atoms with van der Waals surface area (Å²) < 4.78 is 5.13. The topological polar surface area (TPSA) is 84.0 Å². The quantitative estimate of drug-likeness (QED) is 0.519. The third-order valence-electron chi connectivity index (χ3n) is 5.65. The van der Waals surface area contributed by atoms with Crippen LogP contribution < -0.4 is 4.90 Å². The molecular formula is C22H28N2O5. The van der Waals surface area contributed by atoms with Crippen LogP contribution in [0.4, 0.5) is 5.69 Å². The van der Waals surface area contributed by atoms with E-state index in [1.807, 2.05) is 44.2 Å². The Labute approximate surface area is 171 Å². The molecular weight excluding hydrogens is 372 g/mol. The van der Waals surface area contributed by atoms with Gasteiger partial charge in [-0.2, -0.15) is 0 Å². The van der Waals surface area contributed by atoms with Gasteiger partial charge in [-0.3, -0.25) is 24.1 Å². The Bertz CT molecular complexity index is 753. The Balaban J connectivity index is 1.50. The molecule has 1 saturated heterocycles. The van der Waals surface area contributed by atoms with Gasteiger partial charge in [0.1, 0.15) is 0 Å². The predicted molar refractivity (Wildman–Crippen MR) is 107 cm³/mol. The Morgan fingerprint density at radius 3 is 2.21 bits per heavy atom. The van der Waals surface area contributed by atoms with E-state index in [0.29, 0.717) is 0 Å². The largest absolute Gasteiger partial charge is 0.455 e. The summed E-state index contributed by atoms with van der Waals surface area (Å²) in [6, 6.07) is 9.10. The number of fused-ring (bicyclic) bond motifs is 1. The smallest absolute Gasteiger partial charge is 0.308 e. The normalized spacial score (nSPS) is 21.3. The van der Waals surface area contributed by atoms with Crippen molar-refractivity contribution in [3.05, 3.63) is 30.3 Å². The molecule has 156 valence electrons. The van der Waals surface area contributed by atoms with Gasteiger partial charge < -0.3 is 9.64 Å². The van der Waals surface area contributed by atoms with Crippen molar-refractivity contribution in [3.8, 4) is 0 Å². The number of likely N-dealkylation sites (tertiary alicyclic amines) is 1. The van der Waals surface area contributed by atoms with Crippen LogP contribution in [-0.2, 0) is 23.9 Å². The van der Waals surface area contributed by atoms with Gasteiger partial charge >= 0.3 is 5.97 Å². The fourth-order valence-electron chi connectivity index (χ4n) is 4.26. The van der Waals surface area contributed by atoms with Gasteiger partial charge in [0, 0.05) is 18.3 Å². The van der Waals surface area contributed by atoms with Crippen molar-refractivity contribution in [2.75, 3.05) is 18.1 Å². The molecule has 29 heavy (non-hydrogen) atoms. The van der Waals surface area contributed by atoms with Crippen molar-refractivity contribution in [3.63, 3.8) is 0 Å². The summed E-state index contributed by atoms with van der Waals surface area (Å²) in [5.74, 6) is -1.69. The van der Waals surface area contributed by atoms with Gasteiger partial charge in [0.25, 0.3) is 5.91 Å². The van der Waals surface area contributed by atoms with Gasteiger partial charge in [-0.1, -0.05) is 31.0 Å². The Hall–Kier alpha value is -2.70. The van der Waals surface area contributed by atoms with Crippen LogP contribution in [0.2, 0.25) is 0 Å². The van der Waals surface area contributed by atoms with Crippen LogP contribution in [0.1, 0.15) is 46.0 Å². The number of benzene rings is 1. The number of hydrogen-bond donors (Lipinski definition) is 0. The highest BCUT2D eigenvalue weighted by atomic mass is 16.5. The monoisotopic (exact) mass is 400 g/mol. The maximum absolute atomic E-state index is 12.6. The molecule has 3 rings (SSSR count). The fraction of sp³-hybridized carbons (Fsp3) is 0.545. The highest BCUT2D eigenvalue weighted by molar-refractivity contribution is 6.05. The van der Waals surface area contributed by atoms with E-state index in [9.17, 15) is 19.2 Å². The van der Waals surface area contributed by atoms with Crippen molar-refractivity contribution >= 4 is 29.4 Å². The lowest BCUT2D eigenvalue weighted by Gasteiger charge is -2.26. The zero-order valence-electron chi connectivity index (χ0n) is 17.0. The summed E-state index contributed by atoms with van der Waals surface area (Å²) in [6.45, 7) is 3.41. The maximum atomic E-state index is 12.6. The minimum atomic E-state index is -0.592. The minimum Gasteiger partial charge on any atom is -0.455 e. The van der Waals surface area contributed by atoms with E-state index in [1.165, 1.54) is 4.90 Å². The molecule has 1 aromatic carbocycles. The molecule has 1 aliphatic heterocycles. The molecule has 2 atom stereocenters. The maximum Gasteiger partial charge on any atom is 0.308 e. The second kappa shape index (κ2) is 9.20. The number of carbonyl (C=O) groups is 4. The van der Waals surface area contributed by atoms with Crippen LogP contribution in [0.15, 0.2) is 30.3 Å². The van der Waals surface area contributed by atoms with Crippen LogP contribution in [0, 0.1) is 11.8 Å². The van der Waals surface area contributed by atoms with Crippen LogP contribution in [-0.4, -0.2) is 47.8 Å². The van der Waals surface area contributed by atoms with Crippen molar-refractivity contribution in [2.45, 2.75) is 52.0 Å². The molecule has 1 aromatic rings. The molecule has 1 aliphatic carbocycles. The molecule has 7 heteroatoms. The number of hydrogen-bond acceptors (Lipinski definition) is 5. The Morgan fingerprint density at radius 1 is 1.07 bits per heavy atom. The molecule has 3 amide bonds. The Kier molecular flexibility index (Phi) is 6.67. The lowest BCUT2D eigenvalue weighted by molar-refractivity contribution is -0.149. The first kappa shape index (κ1) is 21.0. The van der Waals surface area contributed by atoms with Crippen molar-refractivity contribution in [1.82, 2.24) is 4.90 Å². The zero-order chi connectivity index (χ0) is 21.0. The summed E-state index contributed by atoms with van der Waals surface area (Å²) in [5.41, 5.74) is 0.736. The first-order valence-corrected chi connectivity index (χ1v) is 10.3. The molecule has 0 radical (unpaired) electrons. The predicted octanol–water partition coefficient (Wildman–Crippen LogP) is 2.54. The molecule has 2 fully saturated rings. The number of carbonyl (C=O) groups excluding carboxylic acids is 4. The van der Waals surface area contributed by atoms with Gasteiger partial charge in [-0.15, -0.1) is 0 Å². The van der Waals surface area contributed by atoms with E-state index < -0.39 is 5.97 Å². The van der Waals surface area contributed by atoms with Gasteiger partial charge in [0.15, 0.2) is 6.61 Å². The van der Waals surface area contributed by atoms with Crippen LogP contribution >= 0.6 is 0 Å². The standard InChI is InChI=1S/C22H28N2O5/c1-15(2)24(16-8-4-3-5-9-16)19(25)14-29-20(26)12-13-23-21(27)17-10-6-7-11-18(17)22(23)28/h3-5,8-9,15,17-18H,6-7,10-14H2,1-2H3/t17-,18+. The van der Waals surface area contributed by atoms with Crippen molar-refractivity contribution in [1.29, 1.82) is 0 Å². The third-order valence-corrected chi connectivity index (χ3v) is 5.65. The highest BCUT2D eigenvalue weighted by Gasteiger charge is 2.47. The number of esters is 1. The first-order valence-electron chi connectivity index (χ1n) is 10.3. The molecule has 0 unspecified atom stereocenters. The molecule has 2 aliphatic rings. The average molecular weight is 400 g/mol. The number of ether oxygens (including phenoxy) is 1. The zero-order valence-corrected chi connectivity index (χ0v) is 17.0. The second-order valence-corrected chi connectivity index (χ2v) is 7.93. The van der Waals surface area contributed by atoms with Crippen LogP contribution in [0.5, 0.6) is 0 Å². The number of rotatable bonds is 7. The van der Waals surface area contributed by atoms with E-state index in [0.717, 1.165) is 31.4 Å². The lowest BCUT2D eigenvalue weighted by atomic mass is 9.81. The molecule has 0 aromatic heterocycles. The van der Waals surface area contributed by atoms with Gasteiger partial charge in [-0.05, 0) is 38.8 Å². The van der Waals surface area contributed by atoms with E-state index in [-0.39, 0.29) is 55.2 Å². The number of imide groups is 1. The summed E-state index contributed by atoms with van der Waals surface area (Å²) in [5, 5.41) is 0. The first-order chi connectivity index (χ1) is 13.9. The molecule has 1 saturated carbocycles. The number of nitrogens with zero attached hydrogens (tertiary/aromatic N) is 2. The molecule has 0 N–H and O–H groups in total. The van der Waals surface area contributed by atoms with E-state index in [4.69, 9.17) is 4.74 Å². The van der Waals surface area contributed by atoms with E-state index in [1.54, 1.807) is 4.90 Å². The van der Waals surface area contributed by atoms with E-state index >= 15 is 0 Å². The van der Waals surface area contributed by atoms with E-state index in [2.05, 4.69) is 0 Å². The summed E-state index contributed by atoms with van der Waals surface area (Å²) in [4.78, 5) is 52.3. The highest BCUT2D eigenvalue weighted by Crippen LogP contribution is 2.37. The molecule has 0 bridgehead atoms. The number of anilines is 1. The third kappa shape index (κ3) is 4.66. The van der Waals surface area contributed by atoms with Crippen molar-refractivity contribution < 1.29 is 23.9 Å². The molecule has 1 heterocycles.